The van der Waals surface area contributed by atoms with Crippen LogP contribution in [0.2, 0.25) is 4.34 Å². The molecule has 10 heavy (non-hydrogen) atoms. The number of hydrogen-bond donors (Lipinski definition) is 0. The zero-order valence-corrected chi connectivity index (χ0v) is 6.62. The minimum Gasteiger partial charge on any atom is -0.263 e. The van der Waals surface area contributed by atoms with Gasteiger partial charge in [0.15, 0.2) is 0 Å². The van der Waals surface area contributed by atoms with Crippen molar-refractivity contribution < 1.29 is 0 Å². The van der Waals surface area contributed by atoms with Gasteiger partial charge in [-0.3, -0.25) is 4.98 Å². The molecule has 0 N–H and O–H groups in total. The van der Waals surface area contributed by atoms with Crippen LogP contribution in [-0.4, -0.2) is 4.98 Å². The summed E-state index contributed by atoms with van der Waals surface area (Å²) < 4.78 is 1.97. The summed E-state index contributed by atoms with van der Waals surface area (Å²) in [5.74, 6) is 0. The molecule has 0 aliphatic heterocycles. The summed E-state index contributed by atoms with van der Waals surface area (Å²) in [6, 6.07) is 3.90. The third-order valence-electron chi connectivity index (χ3n) is 1.29. The van der Waals surface area contributed by atoms with Gasteiger partial charge in [-0.05, 0) is 17.5 Å². The lowest BCUT2D eigenvalue weighted by Crippen LogP contribution is -1.64. The molecule has 2 heterocycles. The lowest BCUT2D eigenvalue weighted by molar-refractivity contribution is 1.37. The van der Waals surface area contributed by atoms with E-state index >= 15 is 0 Å². The Morgan fingerprint density at radius 3 is 3.20 bits per heavy atom. The van der Waals surface area contributed by atoms with Crippen molar-refractivity contribution in [2.75, 3.05) is 0 Å². The van der Waals surface area contributed by atoms with Crippen LogP contribution in [0.4, 0.5) is 0 Å². The molecule has 2 aromatic heterocycles. The van der Waals surface area contributed by atoms with E-state index in [4.69, 9.17) is 11.6 Å². The third-order valence-corrected chi connectivity index (χ3v) is 2.51. The van der Waals surface area contributed by atoms with Crippen molar-refractivity contribution in [3.63, 3.8) is 0 Å². The molecular weight excluding hydrogens is 166 g/mol. The maximum absolute atomic E-state index is 5.77. The van der Waals surface area contributed by atoms with Gasteiger partial charge in [0.2, 0.25) is 0 Å². The highest BCUT2D eigenvalue weighted by Crippen LogP contribution is 2.27. The van der Waals surface area contributed by atoms with Gasteiger partial charge in [-0.25, -0.2) is 0 Å². The molecule has 0 aliphatic carbocycles. The summed E-state index contributed by atoms with van der Waals surface area (Å²) in [5.41, 5.74) is 0. The van der Waals surface area contributed by atoms with Gasteiger partial charge >= 0.3 is 0 Å². The van der Waals surface area contributed by atoms with Crippen LogP contribution in [0, 0.1) is 0 Å². The number of nitrogens with zero attached hydrogens (tertiary/aromatic N) is 1. The normalized spacial score (nSPS) is 10.5. The quantitative estimate of drug-likeness (QED) is 0.591. The molecule has 2 aromatic rings. The fraction of sp³-hybridized carbons (Fsp3) is 0. The van der Waals surface area contributed by atoms with E-state index in [0.29, 0.717) is 0 Å². The average molecular weight is 170 g/mol. The van der Waals surface area contributed by atoms with E-state index in [2.05, 4.69) is 4.98 Å². The molecule has 0 radical (unpaired) electrons. The topological polar surface area (TPSA) is 12.9 Å². The molecule has 50 valence electrons. The van der Waals surface area contributed by atoms with Gasteiger partial charge in [0.1, 0.15) is 0 Å². The summed E-state index contributed by atoms with van der Waals surface area (Å²) >= 11 is 7.33. The number of hydrogen-bond acceptors (Lipinski definition) is 2. The standard InChI is InChI=1S/C7H4ClNS/c8-7-3-5-1-2-9-4-6(5)10-7/h1-4H. The van der Waals surface area contributed by atoms with E-state index in [-0.39, 0.29) is 0 Å². The highest BCUT2D eigenvalue weighted by molar-refractivity contribution is 7.22. The number of halogens is 1. The number of pyridine rings is 1. The molecule has 0 aliphatic rings. The maximum atomic E-state index is 5.77. The molecule has 0 saturated carbocycles. The predicted molar refractivity (Wildman–Crippen MR) is 44.6 cm³/mol. The van der Waals surface area contributed by atoms with Gasteiger partial charge < -0.3 is 0 Å². The molecule has 0 amide bonds. The highest BCUT2D eigenvalue weighted by atomic mass is 35.5. The second-order valence-electron chi connectivity index (χ2n) is 1.96. The second kappa shape index (κ2) is 2.22. The van der Waals surface area contributed by atoms with Crippen molar-refractivity contribution in [2.24, 2.45) is 0 Å². The first-order chi connectivity index (χ1) is 4.86. The van der Waals surface area contributed by atoms with Gasteiger partial charge in [0.05, 0.1) is 9.04 Å². The first kappa shape index (κ1) is 6.13. The molecular formula is C7H4ClNS. The van der Waals surface area contributed by atoms with Crippen LogP contribution in [0.15, 0.2) is 24.5 Å². The van der Waals surface area contributed by atoms with Gasteiger partial charge in [0.25, 0.3) is 0 Å². The Hall–Kier alpha value is -0.600. The molecule has 0 fully saturated rings. The summed E-state index contributed by atoms with van der Waals surface area (Å²) in [4.78, 5) is 3.98. The average Bonchev–Trinajstić information content (AvgIpc) is 2.27. The van der Waals surface area contributed by atoms with E-state index in [0.717, 1.165) is 9.04 Å². The molecule has 0 unspecified atom stereocenters. The van der Waals surface area contributed by atoms with E-state index < -0.39 is 0 Å². The number of thiophene rings is 1. The third kappa shape index (κ3) is 0.895. The largest absolute Gasteiger partial charge is 0.263 e. The van der Waals surface area contributed by atoms with Crippen molar-refractivity contribution >= 4 is 33.0 Å². The number of aromatic nitrogens is 1. The van der Waals surface area contributed by atoms with E-state index in [1.54, 1.807) is 17.5 Å². The SMILES string of the molecule is Clc1cc2ccncc2s1. The Kier molecular flexibility index (Phi) is 1.36. The van der Waals surface area contributed by atoms with Crippen LogP contribution < -0.4 is 0 Å². The summed E-state index contributed by atoms with van der Waals surface area (Å²) in [6.45, 7) is 0. The van der Waals surface area contributed by atoms with Crippen molar-refractivity contribution in [3.05, 3.63) is 28.9 Å². The number of fused-ring (bicyclic) bond motifs is 1. The fourth-order valence-corrected chi connectivity index (χ4v) is 1.97. The minimum atomic E-state index is 0.822. The van der Waals surface area contributed by atoms with E-state index in [1.165, 1.54) is 5.39 Å². The molecule has 0 aromatic carbocycles. The Bertz CT molecular complexity index is 322. The van der Waals surface area contributed by atoms with Gasteiger partial charge in [-0.1, -0.05) is 11.6 Å². The van der Waals surface area contributed by atoms with Crippen molar-refractivity contribution in [2.45, 2.75) is 0 Å². The molecule has 3 heteroatoms. The second-order valence-corrected chi connectivity index (χ2v) is 3.68. The van der Waals surface area contributed by atoms with E-state index in [1.807, 2.05) is 18.3 Å². The van der Waals surface area contributed by atoms with Gasteiger partial charge in [0, 0.05) is 12.4 Å². The highest BCUT2D eigenvalue weighted by Gasteiger charge is 1.96. The predicted octanol–water partition coefficient (Wildman–Crippen LogP) is 2.95. The lowest BCUT2D eigenvalue weighted by Gasteiger charge is -1.81. The van der Waals surface area contributed by atoms with Crippen molar-refractivity contribution in [1.82, 2.24) is 4.98 Å². The minimum absolute atomic E-state index is 0.822. The maximum Gasteiger partial charge on any atom is 0.0941 e. The van der Waals surface area contributed by atoms with Crippen LogP contribution >= 0.6 is 22.9 Å². The monoisotopic (exact) mass is 169 g/mol. The molecule has 1 nitrogen and oxygen atoms in total. The van der Waals surface area contributed by atoms with Gasteiger partial charge in [-0.2, -0.15) is 0 Å². The smallest absolute Gasteiger partial charge is 0.0941 e. The molecule has 0 spiro atoms. The van der Waals surface area contributed by atoms with Crippen LogP contribution in [0.1, 0.15) is 0 Å². The summed E-state index contributed by atoms with van der Waals surface area (Å²) in [6.07, 6.45) is 3.59. The molecule has 0 saturated heterocycles. The van der Waals surface area contributed by atoms with Crippen LogP contribution in [0.25, 0.3) is 10.1 Å². The summed E-state index contributed by atoms with van der Waals surface area (Å²) in [5, 5.41) is 1.17. The Morgan fingerprint density at radius 1 is 1.50 bits per heavy atom. The zero-order chi connectivity index (χ0) is 6.97. The number of rotatable bonds is 0. The fourth-order valence-electron chi connectivity index (χ4n) is 0.852. The molecule has 2 rings (SSSR count). The molecule has 0 atom stereocenters. The van der Waals surface area contributed by atoms with Crippen LogP contribution in [0.5, 0.6) is 0 Å². The summed E-state index contributed by atoms with van der Waals surface area (Å²) in [7, 11) is 0. The first-order valence-electron chi connectivity index (χ1n) is 2.85. The first-order valence-corrected chi connectivity index (χ1v) is 4.05. The van der Waals surface area contributed by atoms with Crippen molar-refractivity contribution in [3.8, 4) is 0 Å². The lowest BCUT2D eigenvalue weighted by atomic mass is 10.3. The van der Waals surface area contributed by atoms with E-state index in [9.17, 15) is 0 Å². The molecule has 0 bridgehead atoms. The van der Waals surface area contributed by atoms with Crippen LogP contribution in [0.3, 0.4) is 0 Å². The Balaban J connectivity index is 2.88. The Morgan fingerprint density at radius 2 is 2.40 bits per heavy atom. The van der Waals surface area contributed by atoms with Crippen LogP contribution in [-0.2, 0) is 0 Å². The van der Waals surface area contributed by atoms with Gasteiger partial charge in [-0.15, -0.1) is 11.3 Å². The van der Waals surface area contributed by atoms with Crippen molar-refractivity contribution in [1.29, 1.82) is 0 Å². The Labute approximate surface area is 67.3 Å². The zero-order valence-electron chi connectivity index (χ0n) is 5.04.